The third-order valence-electron chi connectivity index (χ3n) is 5.68. The SMILES string of the molecule is C[C@@H]1CN(C(=O)Cc2ccccc2)C[C@H](C)N1S(=O)(=O)c1ccc(C(C)(C)C)cc1. The van der Waals surface area contributed by atoms with Gasteiger partial charge in [0.05, 0.1) is 11.3 Å². The van der Waals surface area contributed by atoms with Crippen molar-refractivity contribution in [2.75, 3.05) is 13.1 Å². The van der Waals surface area contributed by atoms with Crippen molar-refractivity contribution in [2.24, 2.45) is 0 Å². The van der Waals surface area contributed by atoms with Gasteiger partial charge in [-0.1, -0.05) is 63.2 Å². The topological polar surface area (TPSA) is 57.7 Å². The average molecular weight is 429 g/mol. The van der Waals surface area contributed by atoms with Gasteiger partial charge in [-0.3, -0.25) is 4.79 Å². The number of piperazine rings is 1. The summed E-state index contributed by atoms with van der Waals surface area (Å²) in [4.78, 5) is 14.9. The van der Waals surface area contributed by atoms with Crippen molar-refractivity contribution >= 4 is 15.9 Å². The van der Waals surface area contributed by atoms with Crippen LogP contribution in [0, 0.1) is 0 Å². The number of benzene rings is 2. The predicted molar refractivity (Wildman–Crippen MR) is 120 cm³/mol. The second kappa shape index (κ2) is 8.52. The monoisotopic (exact) mass is 428 g/mol. The Balaban J connectivity index is 1.75. The van der Waals surface area contributed by atoms with Gasteiger partial charge >= 0.3 is 0 Å². The van der Waals surface area contributed by atoms with Crippen molar-refractivity contribution in [1.82, 2.24) is 9.21 Å². The summed E-state index contributed by atoms with van der Waals surface area (Å²) in [7, 11) is -3.64. The highest BCUT2D eigenvalue weighted by Crippen LogP contribution is 2.28. The molecule has 0 radical (unpaired) electrons. The van der Waals surface area contributed by atoms with Crippen LogP contribution in [-0.4, -0.2) is 48.7 Å². The molecule has 1 saturated heterocycles. The lowest BCUT2D eigenvalue weighted by molar-refractivity contribution is -0.133. The summed E-state index contributed by atoms with van der Waals surface area (Å²) in [5.74, 6) is 0.0338. The van der Waals surface area contributed by atoms with Crippen molar-refractivity contribution in [2.45, 2.75) is 63.4 Å². The summed E-state index contributed by atoms with van der Waals surface area (Å²) in [6.45, 7) is 10.9. The summed E-state index contributed by atoms with van der Waals surface area (Å²) in [6, 6.07) is 16.2. The minimum absolute atomic E-state index is 0.0338. The van der Waals surface area contributed by atoms with Gasteiger partial charge in [-0.15, -0.1) is 0 Å². The Labute approximate surface area is 180 Å². The summed E-state index contributed by atoms with van der Waals surface area (Å²) in [5, 5.41) is 0. The minimum atomic E-state index is -3.64. The van der Waals surface area contributed by atoms with Crippen LogP contribution in [-0.2, 0) is 26.7 Å². The molecule has 1 amide bonds. The molecule has 1 aliphatic heterocycles. The van der Waals surface area contributed by atoms with E-state index in [1.54, 1.807) is 21.3 Å². The fourth-order valence-corrected chi connectivity index (χ4v) is 5.92. The molecule has 2 aromatic carbocycles. The van der Waals surface area contributed by atoms with Crippen molar-refractivity contribution in [3.8, 4) is 0 Å². The van der Waals surface area contributed by atoms with Gasteiger partial charge in [0.15, 0.2) is 0 Å². The van der Waals surface area contributed by atoms with E-state index in [4.69, 9.17) is 0 Å². The highest BCUT2D eigenvalue weighted by molar-refractivity contribution is 7.89. The van der Waals surface area contributed by atoms with Crippen LogP contribution in [0.3, 0.4) is 0 Å². The molecule has 0 spiro atoms. The molecule has 1 heterocycles. The van der Waals surface area contributed by atoms with E-state index in [0.29, 0.717) is 24.4 Å². The Hall–Kier alpha value is -2.18. The molecular formula is C24H32N2O3S. The summed E-state index contributed by atoms with van der Waals surface area (Å²) >= 11 is 0. The van der Waals surface area contributed by atoms with Crippen LogP contribution >= 0.6 is 0 Å². The van der Waals surface area contributed by atoms with E-state index in [1.807, 2.05) is 56.3 Å². The normalized spacial score (nSPS) is 20.9. The minimum Gasteiger partial charge on any atom is -0.339 e. The molecule has 6 heteroatoms. The molecule has 0 saturated carbocycles. The molecule has 30 heavy (non-hydrogen) atoms. The van der Waals surface area contributed by atoms with Crippen molar-refractivity contribution in [3.63, 3.8) is 0 Å². The quantitative estimate of drug-likeness (QED) is 0.744. The standard InChI is InChI=1S/C24H32N2O3S/c1-18-16-25(23(27)15-20-9-7-6-8-10-20)17-19(2)26(18)30(28,29)22-13-11-21(12-14-22)24(3,4)5/h6-14,18-19H,15-17H2,1-5H3/t18-,19+. The van der Waals surface area contributed by atoms with Crippen LogP contribution in [0.25, 0.3) is 0 Å². The first-order valence-corrected chi connectivity index (χ1v) is 11.9. The first kappa shape index (κ1) is 22.5. The van der Waals surface area contributed by atoms with Crippen molar-refractivity contribution < 1.29 is 13.2 Å². The van der Waals surface area contributed by atoms with Gasteiger partial charge in [-0.05, 0) is 42.5 Å². The Bertz CT molecular complexity index is 967. The molecule has 0 aromatic heterocycles. The lowest BCUT2D eigenvalue weighted by Crippen LogP contribution is -2.59. The molecule has 162 valence electrons. The highest BCUT2D eigenvalue weighted by atomic mass is 32.2. The fourth-order valence-electron chi connectivity index (χ4n) is 4.12. The van der Waals surface area contributed by atoms with E-state index < -0.39 is 10.0 Å². The summed E-state index contributed by atoms with van der Waals surface area (Å²) in [6.07, 6.45) is 0.335. The van der Waals surface area contributed by atoms with Gasteiger partial charge in [-0.25, -0.2) is 8.42 Å². The van der Waals surface area contributed by atoms with Crippen LogP contribution in [0.4, 0.5) is 0 Å². The fraction of sp³-hybridized carbons (Fsp3) is 0.458. The summed E-state index contributed by atoms with van der Waals surface area (Å²) < 4.78 is 28.3. The molecule has 0 bridgehead atoms. The number of rotatable bonds is 4. The Morgan fingerprint density at radius 3 is 1.97 bits per heavy atom. The van der Waals surface area contributed by atoms with Gasteiger partial charge in [0, 0.05) is 25.2 Å². The molecule has 0 N–H and O–H groups in total. The maximum atomic E-state index is 13.4. The third kappa shape index (κ3) is 4.76. The first-order valence-electron chi connectivity index (χ1n) is 10.5. The first-order chi connectivity index (χ1) is 14.0. The Morgan fingerprint density at radius 1 is 0.933 bits per heavy atom. The van der Waals surface area contributed by atoms with Gasteiger partial charge in [0.25, 0.3) is 0 Å². The Morgan fingerprint density at radius 2 is 1.47 bits per heavy atom. The van der Waals surface area contributed by atoms with E-state index >= 15 is 0 Å². The average Bonchev–Trinajstić information content (AvgIpc) is 2.67. The molecule has 2 aromatic rings. The maximum absolute atomic E-state index is 13.4. The molecule has 3 rings (SSSR count). The zero-order valence-corrected chi connectivity index (χ0v) is 19.3. The van der Waals surface area contributed by atoms with E-state index in [1.165, 1.54) is 0 Å². The van der Waals surface area contributed by atoms with Crippen molar-refractivity contribution in [1.29, 1.82) is 0 Å². The van der Waals surface area contributed by atoms with Gasteiger partial charge in [0.2, 0.25) is 15.9 Å². The van der Waals surface area contributed by atoms with Crippen LogP contribution in [0.2, 0.25) is 0 Å². The molecular weight excluding hydrogens is 396 g/mol. The number of sulfonamides is 1. The Kier molecular flexibility index (Phi) is 6.39. The second-order valence-corrected chi connectivity index (χ2v) is 11.1. The van der Waals surface area contributed by atoms with Crippen molar-refractivity contribution in [3.05, 3.63) is 65.7 Å². The molecule has 1 aliphatic rings. The maximum Gasteiger partial charge on any atom is 0.243 e. The second-order valence-electron chi connectivity index (χ2n) is 9.27. The van der Waals surface area contributed by atoms with E-state index in [2.05, 4.69) is 20.8 Å². The number of hydrogen-bond donors (Lipinski definition) is 0. The zero-order chi connectivity index (χ0) is 22.1. The van der Waals surface area contributed by atoms with Gasteiger partial charge in [-0.2, -0.15) is 4.31 Å². The van der Waals surface area contributed by atoms with E-state index in [9.17, 15) is 13.2 Å². The van der Waals surface area contributed by atoms with Crippen LogP contribution in [0.15, 0.2) is 59.5 Å². The number of nitrogens with zero attached hydrogens (tertiary/aromatic N) is 2. The number of amides is 1. The van der Waals surface area contributed by atoms with E-state index in [0.717, 1.165) is 11.1 Å². The third-order valence-corrected chi connectivity index (χ3v) is 7.83. The lowest BCUT2D eigenvalue weighted by Gasteiger charge is -2.43. The largest absolute Gasteiger partial charge is 0.339 e. The zero-order valence-electron chi connectivity index (χ0n) is 18.5. The van der Waals surface area contributed by atoms with Crippen LogP contribution < -0.4 is 0 Å². The van der Waals surface area contributed by atoms with Gasteiger partial charge < -0.3 is 4.90 Å². The number of carbonyl (C=O) groups excluding carboxylic acids is 1. The smallest absolute Gasteiger partial charge is 0.243 e. The van der Waals surface area contributed by atoms with E-state index in [-0.39, 0.29) is 23.4 Å². The predicted octanol–water partition coefficient (Wildman–Crippen LogP) is 3.84. The molecule has 2 atom stereocenters. The lowest BCUT2D eigenvalue weighted by atomic mass is 9.87. The molecule has 0 unspecified atom stereocenters. The summed E-state index contributed by atoms with van der Waals surface area (Å²) in [5.41, 5.74) is 2.03. The molecule has 5 nitrogen and oxygen atoms in total. The highest BCUT2D eigenvalue weighted by Gasteiger charge is 2.39. The molecule has 0 aliphatic carbocycles. The number of hydrogen-bond acceptors (Lipinski definition) is 3. The number of carbonyl (C=O) groups is 1. The van der Waals surface area contributed by atoms with Crippen LogP contribution in [0.5, 0.6) is 0 Å². The molecule has 1 fully saturated rings. The van der Waals surface area contributed by atoms with Gasteiger partial charge in [0.1, 0.15) is 0 Å². The van der Waals surface area contributed by atoms with Crippen LogP contribution in [0.1, 0.15) is 45.7 Å².